The van der Waals surface area contributed by atoms with E-state index < -0.39 is 0 Å². The molecule has 0 bridgehead atoms. The summed E-state index contributed by atoms with van der Waals surface area (Å²) in [5.41, 5.74) is 3.47. The second kappa shape index (κ2) is 6.81. The first-order valence-electron chi connectivity index (χ1n) is 7.12. The first kappa shape index (κ1) is 13.5. The summed E-state index contributed by atoms with van der Waals surface area (Å²) in [6, 6.07) is 16.3. The van der Waals surface area contributed by atoms with Crippen LogP contribution in [0.15, 0.2) is 67.1 Å². The number of nitrogens with one attached hydrogen (secondary N) is 1. The minimum Gasteiger partial charge on any atom is -0.312 e. The molecule has 0 atom stereocenters. The van der Waals surface area contributed by atoms with Gasteiger partial charge in [-0.1, -0.05) is 24.3 Å². The van der Waals surface area contributed by atoms with E-state index in [0.29, 0.717) is 0 Å². The molecule has 0 fully saturated rings. The topological polar surface area (TPSA) is 42.7 Å². The van der Waals surface area contributed by atoms with Crippen LogP contribution in [0.2, 0.25) is 0 Å². The maximum absolute atomic E-state index is 4.33. The van der Waals surface area contributed by atoms with E-state index in [0.717, 1.165) is 30.9 Å². The summed E-state index contributed by atoms with van der Waals surface area (Å²) in [6.07, 6.45) is 6.53. The van der Waals surface area contributed by atoms with Crippen LogP contribution < -0.4 is 5.32 Å². The number of hydrogen-bond acceptors (Lipinski definition) is 3. The zero-order chi connectivity index (χ0) is 14.3. The van der Waals surface area contributed by atoms with E-state index in [4.69, 9.17) is 0 Å². The van der Waals surface area contributed by atoms with Gasteiger partial charge >= 0.3 is 0 Å². The fraction of sp³-hybridized carbons (Fsp3) is 0.176. The predicted molar refractivity (Wildman–Crippen MR) is 83.2 cm³/mol. The molecule has 0 saturated heterocycles. The van der Waals surface area contributed by atoms with E-state index >= 15 is 0 Å². The van der Waals surface area contributed by atoms with E-state index in [-0.39, 0.29) is 0 Å². The average Bonchev–Trinajstić information content (AvgIpc) is 3.07. The minimum absolute atomic E-state index is 0.822. The summed E-state index contributed by atoms with van der Waals surface area (Å²) in [6.45, 7) is 1.73. The van der Waals surface area contributed by atoms with Crippen molar-refractivity contribution in [1.82, 2.24) is 20.1 Å². The van der Waals surface area contributed by atoms with Gasteiger partial charge in [0.1, 0.15) is 0 Å². The molecule has 0 spiro atoms. The van der Waals surface area contributed by atoms with Crippen LogP contribution in [0.4, 0.5) is 0 Å². The van der Waals surface area contributed by atoms with Crippen molar-refractivity contribution >= 4 is 0 Å². The zero-order valence-electron chi connectivity index (χ0n) is 11.8. The molecule has 0 saturated carbocycles. The monoisotopic (exact) mass is 278 g/mol. The highest BCUT2D eigenvalue weighted by Crippen LogP contribution is 2.12. The van der Waals surface area contributed by atoms with Crippen LogP contribution in [-0.2, 0) is 13.0 Å². The Morgan fingerprint density at radius 2 is 1.86 bits per heavy atom. The van der Waals surface area contributed by atoms with Crippen LogP contribution in [0.25, 0.3) is 5.69 Å². The number of aromatic nitrogens is 3. The molecule has 0 amide bonds. The lowest BCUT2D eigenvalue weighted by atomic mass is 10.1. The number of hydrogen-bond donors (Lipinski definition) is 1. The van der Waals surface area contributed by atoms with Crippen LogP contribution in [-0.4, -0.2) is 21.3 Å². The van der Waals surface area contributed by atoms with Crippen molar-refractivity contribution in [2.24, 2.45) is 0 Å². The van der Waals surface area contributed by atoms with Gasteiger partial charge in [0.25, 0.3) is 0 Å². The average molecular weight is 278 g/mol. The Bertz CT molecular complexity index is 662. The molecule has 2 heterocycles. The Kier molecular flexibility index (Phi) is 4.39. The second-order valence-electron chi connectivity index (χ2n) is 4.83. The summed E-state index contributed by atoms with van der Waals surface area (Å²) in [7, 11) is 0. The summed E-state index contributed by atoms with van der Waals surface area (Å²) in [5, 5.41) is 7.77. The van der Waals surface area contributed by atoms with Gasteiger partial charge in [0.15, 0.2) is 0 Å². The zero-order valence-corrected chi connectivity index (χ0v) is 11.8. The normalized spacial score (nSPS) is 10.7. The van der Waals surface area contributed by atoms with Crippen LogP contribution >= 0.6 is 0 Å². The van der Waals surface area contributed by atoms with Crippen molar-refractivity contribution in [3.8, 4) is 5.69 Å². The smallest absolute Gasteiger partial charge is 0.0690 e. The van der Waals surface area contributed by atoms with Gasteiger partial charge in [-0.2, -0.15) is 5.10 Å². The Balaban J connectivity index is 1.59. The summed E-state index contributed by atoms with van der Waals surface area (Å²) < 4.78 is 1.90. The molecular weight excluding hydrogens is 260 g/mol. The number of pyridine rings is 1. The summed E-state index contributed by atoms with van der Waals surface area (Å²) in [5.74, 6) is 0. The molecular formula is C17H18N4. The molecule has 4 heteroatoms. The second-order valence-corrected chi connectivity index (χ2v) is 4.83. The number of para-hydroxylation sites is 1. The Morgan fingerprint density at radius 3 is 2.67 bits per heavy atom. The molecule has 21 heavy (non-hydrogen) atoms. The van der Waals surface area contributed by atoms with Crippen LogP contribution in [0.3, 0.4) is 0 Å². The third kappa shape index (κ3) is 3.55. The first-order valence-corrected chi connectivity index (χ1v) is 7.12. The highest BCUT2D eigenvalue weighted by atomic mass is 15.3. The Hall–Kier alpha value is -2.46. The van der Waals surface area contributed by atoms with Crippen molar-refractivity contribution in [3.63, 3.8) is 0 Å². The van der Waals surface area contributed by atoms with Crippen molar-refractivity contribution in [3.05, 3.63) is 78.4 Å². The summed E-state index contributed by atoms with van der Waals surface area (Å²) in [4.78, 5) is 4.33. The van der Waals surface area contributed by atoms with Gasteiger partial charge < -0.3 is 5.32 Å². The maximum atomic E-state index is 4.33. The van der Waals surface area contributed by atoms with Gasteiger partial charge in [-0.15, -0.1) is 0 Å². The van der Waals surface area contributed by atoms with Crippen molar-refractivity contribution in [2.75, 3.05) is 6.54 Å². The molecule has 4 nitrogen and oxygen atoms in total. The van der Waals surface area contributed by atoms with Crippen LogP contribution in [0.5, 0.6) is 0 Å². The van der Waals surface area contributed by atoms with Gasteiger partial charge in [0.2, 0.25) is 0 Å². The lowest BCUT2D eigenvalue weighted by molar-refractivity contribution is 0.674. The fourth-order valence-electron chi connectivity index (χ4n) is 2.28. The van der Waals surface area contributed by atoms with Gasteiger partial charge in [0, 0.05) is 43.8 Å². The summed E-state index contributed by atoms with van der Waals surface area (Å²) >= 11 is 0. The van der Waals surface area contributed by atoms with Crippen LogP contribution in [0.1, 0.15) is 11.3 Å². The number of benzene rings is 1. The molecule has 0 unspecified atom stereocenters. The third-order valence-corrected chi connectivity index (χ3v) is 3.34. The highest BCUT2D eigenvalue weighted by Gasteiger charge is 2.03. The van der Waals surface area contributed by atoms with Gasteiger partial charge in [-0.3, -0.25) is 4.98 Å². The van der Waals surface area contributed by atoms with Crippen molar-refractivity contribution in [1.29, 1.82) is 0 Å². The molecule has 0 radical (unpaired) electrons. The predicted octanol–water partition coefficient (Wildman–Crippen LogP) is 2.60. The molecule has 1 aromatic carbocycles. The van der Waals surface area contributed by atoms with Crippen LogP contribution in [0, 0.1) is 0 Å². The quantitative estimate of drug-likeness (QED) is 0.705. The van der Waals surface area contributed by atoms with E-state index in [2.05, 4.69) is 39.7 Å². The minimum atomic E-state index is 0.822. The van der Waals surface area contributed by atoms with E-state index in [1.165, 1.54) is 5.56 Å². The van der Waals surface area contributed by atoms with Gasteiger partial charge in [0.05, 0.1) is 5.69 Å². The molecule has 3 rings (SSSR count). The third-order valence-electron chi connectivity index (χ3n) is 3.34. The lowest BCUT2D eigenvalue weighted by Crippen LogP contribution is -2.18. The molecule has 1 N–H and O–H groups in total. The molecule has 106 valence electrons. The van der Waals surface area contributed by atoms with Gasteiger partial charge in [-0.05, 0) is 29.8 Å². The maximum Gasteiger partial charge on any atom is 0.0690 e. The number of nitrogens with zero attached hydrogens (tertiary/aromatic N) is 3. The molecule has 0 aliphatic rings. The number of rotatable bonds is 6. The van der Waals surface area contributed by atoms with Gasteiger partial charge in [-0.25, -0.2) is 4.68 Å². The SMILES string of the molecule is c1ccc(CCNCc2ccccc2-n2cccn2)nc1. The molecule has 2 aromatic heterocycles. The Labute approximate surface area is 124 Å². The van der Waals surface area contributed by atoms with E-state index in [1.54, 1.807) is 6.20 Å². The first-order chi connectivity index (χ1) is 10.4. The lowest BCUT2D eigenvalue weighted by Gasteiger charge is -2.10. The highest BCUT2D eigenvalue weighted by molar-refractivity contribution is 5.40. The standard InChI is InChI=1S/C17H18N4/c1-2-8-17(21-13-5-11-20-21)15(6-1)14-18-12-9-16-7-3-4-10-19-16/h1-8,10-11,13,18H,9,12,14H2. The Morgan fingerprint density at radius 1 is 0.952 bits per heavy atom. The van der Waals surface area contributed by atoms with Crippen molar-refractivity contribution < 1.29 is 0 Å². The largest absolute Gasteiger partial charge is 0.312 e. The molecule has 3 aromatic rings. The molecule has 0 aliphatic carbocycles. The van der Waals surface area contributed by atoms with E-state index in [1.807, 2.05) is 41.3 Å². The molecule has 0 aliphatic heterocycles. The van der Waals surface area contributed by atoms with Crippen molar-refractivity contribution in [2.45, 2.75) is 13.0 Å². The van der Waals surface area contributed by atoms with E-state index in [9.17, 15) is 0 Å². The fourth-order valence-corrected chi connectivity index (χ4v) is 2.28.